The van der Waals surface area contributed by atoms with Gasteiger partial charge in [-0.25, -0.2) is 0 Å². The molecule has 2 rings (SSSR count). The van der Waals surface area contributed by atoms with E-state index in [1.165, 1.54) is 0 Å². The summed E-state index contributed by atoms with van der Waals surface area (Å²) in [4.78, 5) is 21.1. The quantitative estimate of drug-likeness (QED) is 0.865. The number of carbonyl (C=O) groups excluding carboxylic acids is 1. The lowest BCUT2D eigenvalue weighted by molar-refractivity contribution is 0.0850. The highest BCUT2D eigenvalue weighted by molar-refractivity contribution is 5.93. The Bertz CT molecular complexity index is 455. The molecule has 1 saturated heterocycles. The lowest BCUT2D eigenvalue weighted by Gasteiger charge is -2.38. The molecule has 1 amide bonds. The third-order valence-corrected chi connectivity index (χ3v) is 4.22. The zero-order valence-electron chi connectivity index (χ0n) is 14.0. The number of likely N-dealkylation sites (N-methyl/N-ethyl adjacent to an activating group) is 1. The molecule has 1 aliphatic rings. The van der Waals surface area contributed by atoms with Crippen LogP contribution in [0, 0.1) is 5.92 Å². The zero-order chi connectivity index (χ0) is 15.9. The van der Waals surface area contributed by atoms with Crippen LogP contribution in [-0.2, 0) is 0 Å². The maximum Gasteiger partial charge on any atom is 0.252 e. The molecule has 1 aliphatic heterocycles. The van der Waals surface area contributed by atoms with Gasteiger partial charge in [0, 0.05) is 51.2 Å². The summed E-state index contributed by atoms with van der Waals surface area (Å²) < 4.78 is 0. The Kier molecular flexibility index (Phi) is 6.34. The van der Waals surface area contributed by atoms with E-state index in [1.54, 1.807) is 24.5 Å². The Morgan fingerprint density at radius 1 is 1.32 bits per heavy atom. The van der Waals surface area contributed by atoms with Crippen LogP contribution in [0.3, 0.4) is 0 Å². The van der Waals surface area contributed by atoms with Crippen LogP contribution in [-0.4, -0.2) is 66.5 Å². The van der Waals surface area contributed by atoms with E-state index in [1.807, 2.05) is 0 Å². The topological polar surface area (TPSA) is 48.5 Å². The van der Waals surface area contributed by atoms with Crippen LogP contribution in [0.2, 0.25) is 0 Å². The maximum absolute atomic E-state index is 12.2. The van der Waals surface area contributed by atoms with E-state index in [9.17, 15) is 4.79 Å². The number of amides is 1. The number of piperazine rings is 1. The molecular weight excluding hydrogens is 276 g/mol. The summed E-state index contributed by atoms with van der Waals surface area (Å²) in [5.41, 5.74) is 0.629. The van der Waals surface area contributed by atoms with Crippen molar-refractivity contribution >= 4 is 5.91 Å². The first-order valence-electron chi connectivity index (χ1n) is 8.17. The first-order chi connectivity index (χ1) is 10.6. The Labute approximate surface area is 133 Å². The number of aromatic nitrogens is 1. The average molecular weight is 304 g/mol. The highest BCUT2D eigenvalue weighted by atomic mass is 16.1. The van der Waals surface area contributed by atoms with Gasteiger partial charge in [-0.15, -0.1) is 0 Å². The van der Waals surface area contributed by atoms with Crippen molar-refractivity contribution in [3.63, 3.8) is 0 Å². The lowest BCUT2D eigenvalue weighted by Crippen LogP contribution is -2.52. The summed E-state index contributed by atoms with van der Waals surface area (Å²) >= 11 is 0. The molecule has 1 atom stereocenters. The lowest BCUT2D eigenvalue weighted by atomic mass is 10.0. The highest BCUT2D eigenvalue weighted by Crippen LogP contribution is 2.13. The minimum atomic E-state index is -0.0315. The van der Waals surface area contributed by atoms with Gasteiger partial charge in [0.05, 0.1) is 5.56 Å². The summed E-state index contributed by atoms with van der Waals surface area (Å²) in [7, 11) is 2.17. The van der Waals surface area contributed by atoms with Crippen LogP contribution in [0.1, 0.15) is 30.6 Å². The van der Waals surface area contributed by atoms with Crippen LogP contribution >= 0.6 is 0 Å². The Morgan fingerprint density at radius 2 is 2.05 bits per heavy atom. The van der Waals surface area contributed by atoms with Gasteiger partial charge in [-0.1, -0.05) is 13.8 Å². The van der Waals surface area contributed by atoms with Crippen molar-refractivity contribution in [3.05, 3.63) is 30.1 Å². The number of nitrogens with one attached hydrogen (secondary N) is 1. The fourth-order valence-corrected chi connectivity index (χ4v) is 2.90. The highest BCUT2D eigenvalue weighted by Gasteiger charge is 2.23. The van der Waals surface area contributed by atoms with Gasteiger partial charge in [-0.2, -0.15) is 0 Å². The molecule has 0 bridgehead atoms. The SMILES string of the molecule is CC(C)CC(CNC(=O)c1cccnc1)N1CCN(C)CC1. The Balaban J connectivity index is 1.90. The number of pyridine rings is 1. The Hall–Kier alpha value is -1.46. The van der Waals surface area contributed by atoms with Gasteiger partial charge in [0.15, 0.2) is 0 Å². The summed E-state index contributed by atoms with van der Waals surface area (Å²) in [5, 5.41) is 3.08. The number of rotatable bonds is 6. The van der Waals surface area contributed by atoms with Crippen molar-refractivity contribution < 1.29 is 4.79 Å². The van der Waals surface area contributed by atoms with Gasteiger partial charge in [0.1, 0.15) is 0 Å². The minimum Gasteiger partial charge on any atom is -0.350 e. The van der Waals surface area contributed by atoms with Gasteiger partial charge < -0.3 is 10.2 Å². The molecular formula is C17H28N4O. The number of hydrogen-bond acceptors (Lipinski definition) is 4. The molecule has 122 valence electrons. The second kappa shape index (κ2) is 8.25. The molecule has 1 unspecified atom stereocenters. The minimum absolute atomic E-state index is 0.0315. The van der Waals surface area contributed by atoms with E-state index in [0.29, 0.717) is 24.1 Å². The third-order valence-electron chi connectivity index (χ3n) is 4.22. The molecule has 1 aromatic heterocycles. The van der Waals surface area contributed by atoms with E-state index in [2.05, 4.69) is 41.0 Å². The van der Waals surface area contributed by atoms with Gasteiger partial charge in [0.2, 0.25) is 0 Å². The summed E-state index contributed by atoms with van der Waals surface area (Å²) in [6.07, 6.45) is 4.41. The molecule has 0 aromatic carbocycles. The molecule has 5 heteroatoms. The number of carbonyl (C=O) groups is 1. The molecule has 22 heavy (non-hydrogen) atoms. The van der Waals surface area contributed by atoms with Crippen LogP contribution < -0.4 is 5.32 Å². The fraction of sp³-hybridized carbons (Fsp3) is 0.647. The summed E-state index contributed by atoms with van der Waals surface area (Å²) in [5.74, 6) is 0.593. The van der Waals surface area contributed by atoms with Gasteiger partial charge in [0.25, 0.3) is 5.91 Å². The molecule has 1 aromatic rings. The molecule has 0 radical (unpaired) electrons. The zero-order valence-corrected chi connectivity index (χ0v) is 14.0. The van der Waals surface area contributed by atoms with E-state index in [0.717, 1.165) is 32.6 Å². The predicted molar refractivity (Wildman–Crippen MR) is 88.9 cm³/mol. The molecule has 0 spiro atoms. The standard InChI is InChI=1S/C17H28N4O/c1-14(2)11-16(21-9-7-20(3)8-10-21)13-19-17(22)15-5-4-6-18-12-15/h4-6,12,14,16H,7-11,13H2,1-3H3,(H,19,22). The molecule has 1 N–H and O–H groups in total. The van der Waals surface area contributed by atoms with Crippen LogP contribution in [0.5, 0.6) is 0 Å². The van der Waals surface area contributed by atoms with E-state index in [-0.39, 0.29) is 5.91 Å². The van der Waals surface area contributed by atoms with Crippen molar-refractivity contribution in [2.45, 2.75) is 26.3 Å². The van der Waals surface area contributed by atoms with Crippen LogP contribution in [0.15, 0.2) is 24.5 Å². The van der Waals surface area contributed by atoms with Crippen LogP contribution in [0.4, 0.5) is 0 Å². The average Bonchev–Trinajstić information content (AvgIpc) is 2.52. The first-order valence-corrected chi connectivity index (χ1v) is 8.17. The van der Waals surface area contributed by atoms with Gasteiger partial charge in [-0.05, 0) is 31.5 Å². The van der Waals surface area contributed by atoms with Gasteiger partial charge in [-0.3, -0.25) is 14.7 Å². The number of hydrogen-bond donors (Lipinski definition) is 1. The molecule has 2 heterocycles. The molecule has 1 fully saturated rings. The van der Waals surface area contributed by atoms with E-state index >= 15 is 0 Å². The van der Waals surface area contributed by atoms with Crippen molar-refractivity contribution in [2.24, 2.45) is 5.92 Å². The molecule has 5 nitrogen and oxygen atoms in total. The monoisotopic (exact) mass is 304 g/mol. The molecule has 0 aliphatic carbocycles. The summed E-state index contributed by atoms with van der Waals surface area (Å²) in [6.45, 7) is 9.55. The van der Waals surface area contributed by atoms with Gasteiger partial charge >= 0.3 is 0 Å². The first kappa shape index (κ1) is 16.9. The normalized spacial score (nSPS) is 18.4. The second-order valence-electron chi connectivity index (χ2n) is 6.57. The number of nitrogens with zero attached hydrogens (tertiary/aromatic N) is 3. The largest absolute Gasteiger partial charge is 0.350 e. The predicted octanol–water partition coefficient (Wildman–Crippen LogP) is 1.47. The van der Waals surface area contributed by atoms with Crippen molar-refractivity contribution in [1.29, 1.82) is 0 Å². The van der Waals surface area contributed by atoms with E-state index in [4.69, 9.17) is 0 Å². The fourth-order valence-electron chi connectivity index (χ4n) is 2.90. The third kappa shape index (κ3) is 5.07. The maximum atomic E-state index is 12.2. The Morgan fingerprint density at radius 3 is 2.64 bits per heavy atom. The van der Waals surface area contributed by atoms with Crippen LogP contribution in [0.25, 0.3) is 0 Å². The van der Waals surface area contributed by atoms with Crippen molar-refractivity contribution in [2.75, 3.05) is 39.8 Å². The molecule has 0 saturated carbocycles. The van der Waals surface area contributed by atoms with E-state index < -0.39 is 0 Å². The second-order valence-corrected chi connectivity index (χ2v) is 6.57. The van der Waals surface area contributed by atoms with Crippen molar-refractivity contribution in [3.8, 4) is 0 Å². The summed E-state index contributed by atoms with van der Waals surface area (Å²) in [6, 6.07) is 4.01. The van der Waals surface area contributed by atoms with Crippen molar-refractivity contribution in [1.82, 2.24) is 20.1 Å². The smallest absolute Gasteiger partial charge is 0.252 e.